The van der Waals surface area contributed by atoms with Crippen molar-refractivity contribution in [2.45, 2.75) is 57.7 Å². The summed E-state index contributed by atoms with van der Waals surface area (Å²) in [5.41, 5.74) is 0.302. The van der Waals surface area contributed by atoms with Crippen molar-refractivity contribution in [1.29, 1.82) is 0 Å². The van der Waals surface area contributed by atoms with Crippen LogP contribution in [0.15, 0.2) is 0 Å². The van der Waals surface area contributed by atoms with Gasteiger partial charge in [0.05, 0.1) is 6.61 Å². The van der Waals surface area contributed by atoms with Crippen LogP contribution in [0.3, 0.4) is 0 Å². The lowest BCUT2D eigenvalue weighted by atomic mass is 9.90. The lowest BCUT2D eigenvalue weighted by molar-refractivity contribution is 0.0177. The molecule has 0 aromatic rings. The maximum atomic E-state index is 5.58. The average Bonchev–Trinajstić information content (AvgIpc) is 2.66. The number of hydrogen-bond donors (Lipinski definition) is 1. The van der Waals surface area contributed by atoms with Crippen LogP contribution in [0.2, 0.25) is 0 Å². The molecule has 0 aromatic carbocycles. The van der Waals surface area contributed by atoms with Gasteiger partial charge in [-0.25, -0.2) is 0 Å². The number of nitrogens with zero attached hydrogens (tertiary/aromatic N) is 1. The smallest absolute Gasteiger partial charge is 0.0648 e. The van der Waals surface area contributed by atoms with E-state index < -0.39 is 0 Å². The van der Waals surface area contributed by atoms with E-state index in [1.54, 1.807) is 0 Å². The molecule has 3 unspecified atom stereocenters. The number of ether oxygens (including phenoxy) is 1. The summed E-state index contributed by atoms with van der Waals surface area (Å²) in [5.74, 6) is 0. The van der Waals surface area contributed by atoms with E-state index in [9.17, 15) is 0 Å². The van der Waals surface area contributed by atoms with Crippen molar-refractivity contribution in [2.24, 2.45) is 0 Å². The first-order valence-electron chi connectivity index (χ1n) is 6.73. The minimum absolute atomic E-state index is 0.302. The molecule has 0 radical (unpaired) electrons. The fraction of sp³-hybridized carbons (Fsp3) is 1.00. The Morgan fingerprint density at radius 1 is 1.50 bits per heavy atom. The molecule has 0 spiro atoms. The summed E-state index contributed by atoms with van der Waals surface area (Å²) in [6.07, 6.45) is 3.76. The third kappa shape index (κ3) is 2.41. The van der Waals surface area contributed by atoms with Gasteiger partial charge in [-0.2, -0.15) is 0 Å². The predicted octanol–water partition coefficient (Wildman–Crippen LogP) is 1.63. The molecule has 0 aliphatic carbocycles. The maximum Gasteiger partial charge on any atom is 0.0648 e. The van der Waals surface area contributed by atoms with Crippen LogP contribution in [-0.4, -0.2) is 48.8 Å². The number of rotatable bonds is 3. The predicted molar refractivity (Wildman–Crippen MR) is 66.7 cm³/mol. The van der Waals surface area contributed by atoms with E-state index in [4.69, 9.17) is 4.74 Å². The van der Waals surface area contributed by atoms with Crippen LogP contribution in [-0.2, 0) is 4.74 Å². The van der Waals surface area contributed by atoms with Gasteiger partial charge in [0.15, 0.2) is 0 Å². The first kappa shape index (κ1) is 12.3. The highest BCUT2D eigenvalue weighted by Gasteiger charge is 2.40. The molecule has 1 N–H and O–H groups in total. The van der Waals surface area contributed by atoms with Crippen LogP contribution in [0, 0.1) is 0 Å². The van der Waals surface area contributed by atoms with E-state index >= 15 is 0 Å². The minimum atomic E-state index is 0.302. The molecule has 3 nitrogen and oxygen atoms in total. The van der Waals surface area contributed by atoms with Crippen molar-refractivity contribution in [2.75, 3.05) is 26.3 Å². The van der Waals surface area contributed by atoms with Gasteiger partial charge in [0.25, 0.3) is 0 Å². The Labute approximate surface area is 99.5 Å². The Morgan fingerprint density at radius 2 is 2.31 bits per heavy atom. The second-order valence-corrected chi connectivity index (χ2v) is 5.62. The highest BCUT2D eigenvalue weighted by Crippen LogP contribution is 2.31. The molecule has 0 amide bonds. The Morgan fingerprint density at radius 3 is 2.88 bits per heavy atom. The summed E-state index contributed by atoms with van der Waals surface area (Å²) >= 11 is 0. The van der Waals surface area contributed by atoms with Gasteiger partial charge in [0, 0.05) is 30.8 Å². The molecule has 2 saturated heterocycles. The van der Waals surface area contributed by atoms with Gasteiger partial charge in [-0.1, -0.05) is 6.92 Å². The molecule has 0 saturated carbocycles. The van der Waals surface area contributed by atoms with Gasteiger partial charge in [-0.05, 0) is 39.7 Å². The van der Waals surface area contributed by atoms with E-state index in [1.165, 1.54) is 25.8 Å². The number of hydrogen-bond acceptors (Lipinski definition) is 3. The van der Waals surface area contributed by atoms with Gasteiger partial charge in [-0.3, -0.25) is 4.90 Å². The van der Waals surface area contributed by atoms with Crippen LogP contribution >= 0.6 is 0 Å². The van der Waals surface area contributed by atoms with Crippen molar-refractivity contribution >= 4 is 0 Å². The highest BCUT2D eigenvalue weighted by molar-refractivity contribution is 4.96. The quantitative estimate of drug-likeness (QED) is 0.791. The largest absolute Gasteiger partial charge is 0.379 e. The number of nitrogens with one attached hydrogen (secondary N) is 1. The molecule has 2 fully saturated rings. The minimum Gasteiger partial charge on any atom is -0.379 e. The van der Waals surface area contributed by atoms with Crippen LogP contribution in [0.25, 0.3) is 0 Å². The average molecular weight is 226 g/mol. The molecule has 3 heteroatoms. The van der Waals surface area contributed by atoms with Crippen molar-refractivity contribution in [3.63, 3.8) is 0 Å². The standard InChI is InChI=1S/C13H26N2O/c1-4-14-12-5-7-15(11(2)9-12)13(3)6-8-16-10-13/h11-12,14H,4-10H2,1-3H3. The molecule has 2 aliphatic rings. The monoisotopic (exact) mass is 226 g/mol. The van der Waals surface area contributed by atoms with Crippen LogP contribution in [0.4, 0.5) is 0 Å². The van der Waals surface area contributed by atoms with Gasteiger partial charge < -0.3 is 10.1 Å². The summed E-state index contributed by atoms with van der Waals surface area (Å²) in [6.45, 7) is 11.1. The van der Waals surface area contributed by atoms with E-state index in [1.807, 2.05) is 0 Å². The molecule has 2 heterocycles. The summed E-state index contributed by atoms with van der Waals surface area (Å²) in [5, 5.41) is 3.58. The Balaban J connectivity index is 1.93. The lowest BCUT2D eigenvalue weighted by Crippen LogP contribution is -2.57. The van der Waals surface area contributed by atoms with E-state index in [2.05, 4.69) is 31.0 Å². The van der Waals surface area contributed by atoms with E-state index in [-0.39, 0.29) is 0 Å². The van der Waals surface area contributed by atoms with E-state index in [0.29, 0.717) is 11.6 Å². The summed E-state index contributed by atoms with van der Waals surface area (Å²) in [7, 11) is 0. The topological polar surface area (TPSA) is 24.5 Å². The summed E-state index contributed by atoms with van der Waals surface area (Å²) < 4.78 is 5.58. The first-order chi connectivity index (χ1) is 7.65. The van der Waals surface area contributed by atoms with Crippen LogP contribution in [0.5, 0.6) is 0 Å². The normalized spacial score (nSPS) is 41.4. The third-order valence-corrected chi connectivity index (χ3v) is 4.26. The molecular weight excluding hydrogens is 200 g/mol. The first-order valence-corrected chi connectivity index (χ1v) is 6.73. The molecule has 16 heavy (non-hydrogen) atoms. The molecular formula is C13H26N2O. The van der Waals surface area contributed by atoms with E-state index in [0.717, 1.165) is 25.8 Å². The Bertz CT molecular complexity index is 226. The maximum absolute atomic E-state index is 5.58. The molecule has 94 valence electrons. The SMILES string of the molecule is CCNC1CCN(C2(C)CCOC2)C(C)C1. The zero-order chi connectivity index (χ0) is 11.6. The molecule has 2 aliphatic heterocycles. The second kappa shape index (κ2) is 5.03. The van der Waals surface area contributed by atoms with Crippen LogP contribution < -0.4 is 5.32 Å². The molecule has 0 aromatic heterocycles. The zero-order valence-electron chi connectivity index (χ0n) is 11.0. The van der Waals surface area contributed by atoms with Gasteiger partial charge >= 0.3 is 0 Å². The number of likely N-dealkylation sites (tertiary alicyclic amines) is 1. The summed E-state index contributed by atoms with van der Waals surface area (Å²) in [4.78, 5) is 2.67. The molecule has 3 atom stereocenters. The fourth-order valence-corrected chi connectivity index (χ4v) is 3.33. The highest BCUT2D eigenvalue weighted by atomic mass is 16.5. The third-order valence-electron chi connectivity index (χ3n) is 4.26. The Kier molecular flexibility index (Phi) is 3.88. The van der Waals surface area contributed by atoms with Gasteiger partial charge in [-0.15, -0.1) is 0 Å². The van der Waals surface area contributed by atoms with Crippen LogP contribution in [0.1, 0.15) is 40.0 Å². The molecule has 2 rings (SSSR count). The number of piperidine rings is 1. The lowest BCUT2D eigenvalue weighted by Gasteiger charge is -2.46. The fourth-order valence-electron chi connectivity index (χ4n) is 3.33. The summed E-state index contributed by atoms with van der Waals surface area (Å²) in [6, 6.07) is 1.41. The van der Waals surface area contributed by atoms with Crippen molar-refractivity contribution in [3.8, 4) is 0 Å². The van der Waals surface area contributed by atoms with Crippen molar-refractivity contribution < 1.29 is 4.74 Å². The zero-order valence-corrected chi connectivity index (χ0v) is 11.0. The van der Waals surface area contributed by atoms with Crippen molar-refractivity contribution in [1.82, 2.24) is 10.2 Å². The molecule has 0 bridgehead atoms. The van der Waals surface area contributed by atoms with Gasteiger partial charge in [0.1, 0.15) is 0 Å². The Hall–Kier alpha value is -0.120. The second-order valence-electron chi connectivity index (χ2n) is 5.62. The van der Waals surface area contributed by atoms with Crippen molar-refractivity contribution in [3.05, 3.63) is 0 Å². The van der Waals surface area contributed by atoms with Gasteiger partial charge in [0.2, 0.25) is 0 Å².